The van der Waals surface area contributed by atoms with Crippen LogP contribution in [0.15, 0.2) is 60.7 Å². The minimum Gasteiger partial charge on any atom is -0.377 e. The molecule has 1 unspecified atom stereocenters. The molecule has 19 heavy (non-hydrogen) atoms. The van der Waals surface area contributed by atoms with Gasteiger partial charge in [0.25, 0.3) is 0 Å². The van der Waals surface area contributed by atoms with E-state index in [0.717, 1.165) is 11.1 Å². The average molecular weight is 251 g/mol. The summed E-state index contributed by atoms with van der Waals surface area (Å²) in [5.41, 5.74) is 1.27. The molecule has 0 aliphatic rings. The van der Waals surface area contributed by atoms with Crippen molar-refractivity contribution in [1.29, 1.82) is 5.26 Å². The molecule has 0 spiro atoms. The first-order chi connectivity index (χ1) is 9.25. The highest BCUT2D eigenvalue weighted by molar-refractivity contribution is 5.42. The van der Waals surface area contributed by atoms with E-state index in [9.17, 15) is 10.4 Å². The third kappa shape index (κ3) is 2.25. The number of rotatable bonds is 4. The summed E-state index contributed by atoms with van der Waals surface area (Å²) in [6.45, 7) is 2.00. The van der Waals surface area contributed by atoms with E-state index in [4.69, 9.17) is 0 Å². The lowest BCUT2D eigenvalue weighted by atomic mass is 9.69. The molecule has 1 atom stereocenters. The number of nitriles is 1. The van der Waals surface area contributed by atoms with Crippen LogP contribution in [0.25, 0.3) is 0 Å². The first-order valence-corrected chi connectivity index (χ1v) is 6.44. The number of hydrogen-bond donors (Lipinski definition) is 1. The first kappa shape index (κ1) is 13.3. The van der Waals surface area contributed by atoms with E-state index in [0.29, 0.717) is 6.42 Å². The molecule has 0 radical (unpaired) electrons. The minimum atomic E-state index is -1.07. The number of nitrogens with zero attached hydrogens (tertiary/aromatic N) is 1. The highest BCUT2D eigenvalue weighted by Gasteiger charge is 2.39. The van der Waals surface area contributed by atoms with E-state index >= 15 is 0 Å². The van der Waals surface area contributed by atoms with E-state index in [1.807, 2.05) is 73.7 Å². The molecular weight excluding hydrogens is 234 g/mol. The van der Waals surface area contributed by atoms with E-state index in [2.05, 4.69) is 0 Å². The summed E-state index contributed by atoms with van der Waals surface area (Å²) in [4.78, 5) is 0. The minimum absolute atomic E-state index is 0.662. The van der Waals surface area contributed by atoms with Crippen molar-refractivity contribution in [3.05, 3.63) is 71.8 Å². The molecule has 0 amide bonds. The van der Waals surface area contributed by atoms with Crippen LogP contribution < -0.4 is 0 Å². The molecule has 0 fully saturated rings. The Morgan fingerprint density at radius 2 is 1.42 bits per heavy atom. The first-order valence-electron chi connectivity index (χ1n) is 6.44. The third-order valence-corrected chi connectivity index (χ3v) is 3.72. The molecule has 2 heteroatoms. The Morgan fingerprint density at radius 3 is 1.74 bits per heavy atom. The van der Waals surface area contributed by atoms with Crippen LogP contribution in [0.5, 0.6) is 0 Å². The highest BCUT2D eigenvalue weighted by atomic mass is 16.3. The molecule has 2 rings (SSSR count). The lowest BCUT2D eigenvalue weighted by Crippen LogP contribution is -2.39. The predicted molar refractivity (Wildman–Crippen MR) is 75.6 cm³/mol. The van der Waals surface area contributed by atoms with Crippen molar-refractivity contribution in [2.24, 2.45) is 0 Å². The molecule has 2 aromatic carbocycles. The van der Waals surface area contributed by atoms with Gasteiger partial charge in [-0.2, -0.15) is 5.26 Å². The van der Waals surface area contributed by atoms with Gasteiger partial charge in [0.1, 0.15) is 0 Å². The molecule has 2 nitrogen and oxygen atoms in total. The summed E-state index contributed by atoms with van der Waals surface area (Å²) in [6, 6.07) is 21.5. The molecule has 96 valence electrons. The van der Waals surface area contributed by atoms with E-state index in [1.54, 1.807) is 0 Å². The Labute approximate surface area is 114 Å². The van der Waals surface area contributed by atoms with E-state index < -0.39 is 11.5 Å². The molecule has 0 aromatic heterocycles. The van der Waals surface area contributed by atoms with Gasteiger partial charge in [0.2, 0.25) is 0 Å². The van der Waals surface area contributed by atoms with Crippen LogP contribution in [-0.2, 0) is 5.41 Å². The van der Waals surface area contributed by atoms with Gasteiger partial charge in [0.05, 0.1) is 11.5 Å². The molecule has 2 aromatic rings. The summed E-state index contributed by atoms with van der Waals surface area (Å²) in [6.07, 6.45) is -0.405. The zero-order valence-corrected chi connectivity index (χ0v) is 11.0. The fraction of sp³-hybridized carbons (Fsp3) is 0.235. The van der Waals surface area contributed by atoms with Gasteiger partial charge in [0.15, 0.2) is 6.10 Å². The van der Waals surface area contributed by atoms with Crippen LogP contribution in [0, 0.1) is 11.3 Å². The van der Waals surface area contributed by atoms with Crippen molar-refractivity contribution in [1.82, 2.24) is 0 Å². The molecule has 0 saturated carbocycles. The van der Waals surface area contributed by atoms with Gasteiger partial charge in [-0.25, -0.2) is 0 Å². The van der Waals surface area contributed by atoms with Gasteiger partial charge in [-0.3, -0.25) is 0 Å². The summed E-state index contributed by atoms with van der Waals surface area (Å²) >= 11 is 0. The van der Waals surface area contributed by atoms with Crippen molar-refractivity contribution in [3.8, 4) is 6.07 Å². The van der Waals surface area contributed by atoms with Crippen LogP contribution in [0.4, 0.5) is 0 Å². The van der Waals surface area contributed by atoms with Gasteiger partial charge in [0, 0.05) is 0 Å². The molecule has 0 heterocycles. The van der Waals surface area contributed by atoms with Crippen LogP contribution in [0.1, 0.15) is 24.5 Å². The van der Waals surface area contributed by atoms with Crippen molar-refractivity contribution in [2.45, 2.75) is 24.9 Å². The molecule has 0 bridgehead atoms. The number of benzene rings is 2. The normalized spacial score (nSPS) is 12.7. The van der Waals surface area contributed by atoms with Crippen molar-refractivity contribution in [2.75, 3.05) is 0 Å². The fourth-order valence-electron chi connectivity index (χ4n) is 2.67. The summed E-state index contributed by atoms with van der Waals surface area (Å²) in [7, 11) is 0. The maximum absolute atomic E-state index is 10.3. The summed E-state index contributed by atoms with van der Waals surface area (Å²) in [5, 5.41) is 19.5. The molecular formula is C17H17NO. The van der Waals surface area contributed by atoms with Crippen LogP contribution in [0.3, 0.4) is 0 Å². The predicted octanol–water partition coefficient (Wildman–Crippen LogP) is 3.27. The molecule has 0 aliphatic heterocycles. The fourth-order valence-corrected chi connectivity index (χ4v) is 2.67. The van der Waals surface area contributed by atoms with Gasteiger partial charge < -0.3 is 5.11 Å². The second-order valence-corrected chi connectivity index (χ2v) is 4.59. The largest absolute Gasteiger partial charge is 0.377 e. The van der Waals surface area contributed by atoms with E-state index in [1.165, 1.54) is 0 Å². The smallest absolute Gasteiger partial charge is 0.154 e. The second kappa shape index (κ2) is 5.69. The second-order valence-electron chi connectivity index (χ2n) is 4.59. The van der Waals surface area contributed by atoms with Crippen LogP contribution in [-0.4, -0.2) is 11.2 Å². The van der Waals surface area contributed by atoms with Crippen LogP contribution in [0.2, 0.25) is 0 Å². The maximum atomic E-state index is 10.3. The number of aliphatic hydroxyl groups excluding tert-OH is 1. The van der Waals surface area contributed by atoms with Gasteiger partial charge in [-0.1, -0.05) is 67.6 Å². The average Bonchev–Trinajstić information content (AvgIpc) is 2.50. The Bertz CT molecular complexity index is 517. The standard InChI is InChI=1S/C17H17NO/c1-2-17(16(19)13-18,14-9-5-3-6-10-14)15-11-7-4-8-12-15/h3-12,16,19H,2H2,1H3. The zero-order valence-electron chi connectivity index (χ0n) is 11.0. The quantitative estimate of drug-likeness (QED) is 0.847. The van der Waals surface area contributed by atoms with Crippen molar-refractivity contribution >= 4 is 0 Å². The topological polar surface area (TPSA) is 44.0 Å². The zero-order chi connectivity index (χ0) is 13.7. The van der Waals surface area contributed by atoms with Crippen molar-refractivity contribution in [3.63, 3.8) is 0 Å². The van der Waals surface area contributed by atoms with Gasteiger partial charge >= 0.3 is 0 Å². The SMILES string of the molecule is CCC(c1ccccc1)(c1ccccc1)C(O)C#N. The third-order valence-electron chi connectivity index (χ3n) is 3.72. The van der Waals surface area contributed by atoms with Gasteiger partial charge in [-0.15, -0.1) is 0 Å². The monoisotopic (exact) mass is 251 g/mol. The maximum Gasteiger partial charge on any atom is 0.154 e. The van der Waals surface area contributed by atoms with Crippen LogP contribution >= 0.6 is 0 Å². The van der Waals surface area contributed by atoms with E-state index in [-0.39, 0.29) is 0 Å². The summed E-state index contributed by atoms with van der Waals surface area (Å²) < 4.78 is 0. The van der Waals surface area contributed by atoms with Crippen molar-refractivity contribution < 1.29 is 5.11 Å². The highest BCUT2D eigenvalue weighted by Crippen LogP contribution is 2.38. The Kier molecular flexibility index (Phi) is 3.99. The molecule has 0 saturated heterocycles. The Morgan fingerprint density at radius 1 is 1.00 bits per heavy atom. The molecule has 0 aliphatic carbocycles. The lowest BCUT2D eigenvalue weighted by Gasteiger charge is -2.35. The Hall–Kier alpha value is -2.11. The Balaban J connectivity index is 2.66. The summed E-state index contributed by atoms with van der Waals surface area (Å²) in [5.74, 6) is 0. The lowest BCUT2D eigenvalue weighted by molar-refractivity contribution is 0.149. The molecule has 1 N–H and O–H groups in total. The number of aliphatic hydroxyl groups is 1. The van der Waals surface area contributed by atoms with Gasteiger partial charge in [-0.05, 0) is 17.5 Å². The number of hydrogen-bond acceptors (Lipinski definition) is 2.